The van der Waals surface area contributed by atoms with Crippen LogP contribution in [0.2, 0.25) is 0 Å². The molecule has 1 N–H and O–H groups in total. The summed E-state index contributed by atoms with van der Waals surface area (Å²) >= 11 is 0. The van der Waals surface area contributed by atoms with Crippen molar-refractivity contribution in [1.82, 2.24) is 15.1 Å². The average Bonchev–Trinajstić information content (AvgIpc) is 3.32. The highest BCUT2D eigenvalue weighted by atomic mass is 16.2. The quantitative estimate of drug-likeness (QED) is 0.801. The van der Waals surface area contributed by atoms with E-state index in [-0.39, 0.29) is 11.9 Å². The molecule has 0 aliphatic heterocycles. The molecule has 1 aliphatic rings. The number of hydrogen-bond acceptors (Lipinski definition) is 2. The Morgan fingerprint density at radius 2 is 1.83 bits per heavy atom. The Bertz CT molecular complexity index is 849. The number of carbonyl (C=O) groups is 1. The van der Waals surface area contributed by atoms with Crippen molar-refractivity contribution in [3.8, 4) is 11.3 Å². The lowest BCUT2D eigenvalue weighted by Gasteiger charge is -2.13. The molecule has 1 aromatic heterocycles. The van der Waals surface area contributed by atoms with Crippen LogP contribution in [0.25, 0.3) is 22.2 Å². The first-order valence-electron chi connectivity index (χ1n) is 8.07. The van der Waals surface area contributed by atoms with Gasteiger partial charge in [0.2, 0.25) is 5.91 Å². The van der Waals surface area contributed by atoms with Crippen LogP contribution in [0.5, 0.6) is 0 Å². The second-order valence-corrected chi connectivity index (χ2v) is 6.14. The van der Waals surface area contributed by atoms with Crippen molar-refractivity contribution in [2.24, 2.45) is 0 Å². The maximum Gasteiger partial charge on any atom is 0.244 e. The highest BCUT2D eigenvalue weighted by Crippen LogP contribution is 2.30. The molecule has 0 saturated heterocycles. The van der Waals surface area contributed by atoms with Crippen LogP contribution in [0.4, 0.5) is 0 Å². The number of fused-ring (bicyclic) bond motifs is 1. The zero-order valence-electron chi connectivity index (χ0n) is 13.1. The van der Waals surface area contributed by atoms with Crippen molar-refractivity contribution in [1.29, 1.82) is 0 Å². The van der Waals surface area contributed by atoms with Gasteiger partial charge in [-0.2, -0.15) is 5.10 Å². The molecule has 116 valence electrons. The average molecular weight is 305 g/mol. The van der Waals surface area contributed by atoms with Gasteiger partial charge in [-0.1, -0.05) is 48.5 Å². The van der Waals surface area contributed by atoms with E-state index in [4.69, 9.17) is 5.10 Å². The van der Waals surface area contributed by atoms with Gasteiger partial charge < -0.3 is 5.32 Å². The smallest absolute Gasteiger partial charge is 0.244 e. The van der Waals surface area contributed by atoms with Gasteiger partial charge in [-0.25, -0.2) is 0 Å². The standard InChI is InChI=1S/C19H19N3O/c1-13(19(23)20-15-11-12-15)22-17-10-6-5-9-16(17)18(21-22)14-7-3-2-4-8-14/h2-10,13,15H,11-12H2,1H3,(H,20,23)/t13-/m0/s1. The summed E-state index contributed by atoms with van der Waals surface area (Å²) in [6.07, 6.45) is 2.18. The number of aromatic nitrogens is 2. The Kier molecular flexibility index (Phi) is 3.37. The summed E-state index contributed by atoms with van der Waals surface area (Å²) in [5.74, 6) is 0.0420. The Hall–Kier alpha value is -2.62. The van der Waals surface area contributed by atoms with E-state index in [0.29, 0.717) is 6.04 Å². The second-order valence-electron chi connectivity index (χ2n) is 6.14. The molecule has 2 aromatic carbocycles. The third kappa shape index (κ3) is 2.61. The lowest BCUT2D eigenvalue weighted by Crippen LogP contribution is -2.32. The van der Waals surface area contributed by atoms with E-state index >= 15 is 0 Å². The molecular weight excluding hydrogens is 286 g/mol. The van der Waals surface area contributed by atoms with E-state index < -0.39 is 0 Å². The molecule has 0 radical (unpaired) electrons. The summed E-state index contributed by atoms with van der Waals surface area (Å²) in [7, 11) is 0. The summed E-state index contributed by atoms with van der Waals surface area (Å²) in [4.78, 5) is 12.4. The Morgan fingerprint density at radius 3 is 2.57 bits per heavy atom. The van der Waals surface area contributed by atoms with Crippen molar-refractivity contribution >= 4 is 16.8 Å². The highest BCUT2D eigenvalue weighted by Gasteiger charge is 2.27. The van der Waals surface area contributed by atoms with Gasteiger partial charge in [0.15, 0.2) is 0 Å². The summed E-state index contributed by atoms with van der Waals surface area (Å²) in [5.41, 5.74) is 2.98. The van der Waals surface area contributed by atoms with Gasteiger partial charge in [-0.15, -0.1) is 0 Å². The van der Waals surface area contributed by atoms with E-state index in [1.165, 1.54) is 0 Å². The first-order chi connectivity index (χ1) is 11.2. The van der Waals surface area contributed by atoms with Crippen LogP contribution < -0.4 is 5.32 Å². The number of hydrogen-bond donors (Lipinski definition) is 1. The molecule has 1 saturated carbocycles. The fourth-order valence-corrected chi connectivity index (χ4v) is 2.85. The Labute approximate surface area is 135 Å². The van der Waals surface area contributed by atoms with E-state index in [0.717, 1.165) is 35.0 Å². The third-order valence-corrected chi connectivity index (χ3v) is 4.33. The molecule has 0 unspecified atom stereocenters. The zero-order valence-corrected chi connectivity index (χ0v) is 13.1. The minimum absolute atomic E-state index is 0.0420. The first kappa shape index (κ1) is 14.0. The van der Waals surface area contributed by atoms with Crippen LogP contribution in [0.15, 0.2) is 54.6 Å². The molecule has 1 aliphatic carbocycles. The normalized spacial score (nSPS) is 15.5. The molecule has 4 heteroatoms. The fraction of sp³-hybridized carbons (Fsp3) is 0.263. The van der Waals surface area contributed by atoms with Crippen molar-refractivity contribution in [2.75, 3.05) is 0 Å². The van der Waals surface area contributed by atoms with Gasteiger partial charge in [-0.3, -0.25) is 9.48 Å². The van der Waals surface area contributed by atoms with Gasteiger partial charge in [0.1, 0.15) is 11.7 Å². The minimum Gasteiger partial charge on any atom is -0.352 e. The van der Waals surface area contributed by atoms with Crippen LogP contribution in [-0.4, -0.2) is 21.7 Å². The van der Waals surface area contributed by atoms with Crippen LogP contribution >= 0.6 is 0 Å². The summed E-state index contributed by atoms with van der Waals surface area (Å²) in [6.45, 7) is 1.91. The predicted molar refractivity (Wildman–Crippen MR) is 91.0 cm³/mol. The molecule has 1 fully saturated rings. The molecule has 0 bridgehead atoms. The lowest BCUT2D eigenvalue weighted by molar-refractivity contribution is -0.124. The third-order valence-electron chi connectivity index (χ3n) is 4.33. The van der Waals surface area contributed by atoms with Crippen LogP contribution in [0.1, 0.15) is 25.8 Å². The summed E-state index contributed by atoms with van der Waals surface area (Å²) < 4.78 is 1.84. The maximum atomic E-state index is 12.4. The SMILES string of the molecule is C[C@@H](C(=O)NC1CC1)n1nc(-c2ccccc2)c2ccccc21. The van der Waals surface area contributed by atoms with Crippen molar-refractivity contribution in [3.63, 3.8) is 0 Å². The molecule has 1 atom stereocenters. The minimum atomic E-state index is -0.321. The largest absolute Gasteiger partial charge is 0.352 e. The maximum absolute atomic E-state index is 12.4. The summed E-state index contributed by atoms with van der Waals surface area (Å²) in [5, 5.41) is 8.90. The van der Waals surface area contributed by atoms with Gasteiger partial charge in [-0.05, 0) is 25.8 Å². The number of carbonyl (C=O) groups excluding carboxylic acids is 1. The van der Waals surface area contributed by atoms with Crippen LogP contribution in [-0.2, 0) is 4.79 Å². The van der Waals surface area contributed by atoms with Crippen LogP contribution in [0, 0.1) is 0 Å². The van der Waals surface area contributed by atoms with E-state index in [1.54, 1.807) is 0 Å². The molecular formula is C19H19N3O. The van der Waals surface area contributed by atoms with E-state index in [9.17, 15) is 4.79 Å². The van der Waals surface area contributed by atoms with E-state index in [2.05, 4.69) is 11.4 Å². The van der Waals surface area contributed by atoms with Crippen LogP contribution in [0.3, 0.4) is 0 Å². The fourth-order valence-electron chi connectivity index (χ4n) is 2.85. The lowest BCUT2D eigenvalue weighted by atomic mass is 10.1. The number of nitrogens with one attached hydrogen (secondary N) is 1. The molecule has 0 spiro atoms. The van der Waals surface area contributed by atoms with Crippen molar-refractivity contribution in [3.05, 3.63) is 54.6 Å². The Balaban J connectivity index is 1.79. The Morgan fingerprint density at radius 1 is 1.13 bits per heavy atom. The van der Waals surface area contributed by atoms with Gasteiger partial charge in [0.05, 0.1) is 5.52 Å². The van der Waals surface area contributed by atoms with Crippen molar-refractivity contribution in [2.45, 2.75) is 31.8 Å². The number of para-hydroxylation sites is 1. The van der Waals surface area contributed by atoms with Crippen molar-refractivity contribution < 1.29 is 4.79 Å². The van der Waals surface area contributed by atoms with Gasteiger partial charge >= 0.3 is 0 Å². The molecule has 1 heterocycles. The predicted octanol–water partition coefficient (Wildman–Crippen LogP) is 3.54. The first-order valence-corrected chi connectivity index (χ1v) is 8.07. The number of amides is 1. The second kappa shape index (κ2) is 5.54. The van der Waals surface area contributed by atoms with Gasteiger partial charge in [0, 0.05) is 17.0 Å². The highest BCUT2D eigenvalue weighted by molar-refractivity contribution is 5.94. The molecule has 4 rings (SSSR count). The topological polar surface area (TPSA) is 46.9 Å². The van der Waals surface area contributed by atoms with E-state index in [1.807, 2.05) is 60.1 Å². The molecule has 4 nitrogen and oxygen atoms in total. The van der Waals surface area contributed by atoms with Gasteiger partial charge in [0.25, 0.3) is 0 Å². The number of benzene rings is 2. The monoisotopic (exact) mass is 305 g/mol. The molecule has 3 aromatic rings. The summed E-state index contributed by atoms with van der Waals surface area (Å²) in [6, 6.07) is 18.2. The number of rotatable bonds is 4. The molecule has 1 amide bonds. The number of nitrogens with zero attached hydrogens (tertiary/aromatic N) is 2. The zero-order chi connectivity index (χ0) is 15.8. The molecule has 23 heavy (non-hydrogen) atoms.